The summed E-state index contributed by atoms with van der Waals surface area (Å²) in [6.45, 7) is 6.96. The van der Waals surface area contributed by atoms with Gasteiger partial charge in [0.05, 0.1) is 18.7 Å². The van der Waals surface area contributed by atoms with Crippen molar-refractivity contribution in [1.29, 1.82) is 0 Å². The van der Waals surface area contributed by atoms with Crippen molar-refractivity contribution in [1.82, 2.24) is 20.2 Å². The second-order valence-electron chi connectivity index (χ2n) is 11.6. The van der Waals surface area contributed by atoms with Gasteiger partial charge in [-0.1, -0.05) is 30.3 Å². The number of aromatic nitrogens is 2. The third-order valence-electron chi connectivity index (χ3n) is 8.24. The van der Waals surface area contributed by atoms with E-state index in [1.165, 1.54) is 0 Å². The minimum atomic E-state index is -0.0967. The lowest BCUT2D eigenvalue weighted by Gasteiger charge is -2.36. The first-order chi connectivity index (χ1) is 19.2. The fraction of sp³-hybridized carbons (Fsp3) is 0.516. The van der Waals surface area contributed by atoms with Gasteiger partial charge in [-0.3, -0.25) is 4.79 Å². The Labute approximate surface area is 242 Å². The Morgan fingerprint density at radius 3 is 2.42 bits per heavy atom. The molecule has 2 N–H and O–H groups in total. The van der Waals surface area contributed by atoms with Crippen molar-refractivity contribution in [2.75, 3.05) is 38.0 Å². The van der Waals surface area contributed by atoms with Gasteiger partial charge < -0.3 is 25.2 Å². The number of thioether (sulfide) groups is 1. The van der Waals surface area contributed by atoms with Crippen LogP contribution in [0.3, 0.4) is 0 Å². The van der Waals surface area contributed by atoms with Gasteiger partial charge in [0.1, 0.15) is 16.9 Å². The lowest BCUT2D eigenvalue weighted by molar-refractivity contribution is -0.131. The van der Waals surface area contributed by atoms with Crippen LogP contribution >= 0.6 is 11.8 Å². The zero-order valence-electron chi connectivity index (χ0n) is 24.5. The number of nitrogens with zero attached hydrogens (tertiary/aromatic N) is 4. The van der Waals surface area contributed by atoms with Gasteiger partial charge in [0.15, 0.2) is 0 Å². The molecule has 3 aromatic rings. The predicted octanol–water partition coefficient (Wildman–Crippen LogP) is 5.46. The molecule has 2 aliphatic rings. The molecule has 2 atom stereocenters. The number of para-hydroxylation sites is 2. The summed E-state index contributed by atoms with van der Waals surface area (Å²) >= 11 is 1.84. The van der Waals surface area contributed by atoms with E-state index in [4.69, 9.17) is 14.7 Å². The van der Waals surface area contributed by atoms with Crippen LogP contribution in [0.4, 0.5) is 11.8 Å². The fourth-order valence-corrected chi connectivity index (χ4v) is 7.76. The van der Waals surface area contributed by atoms with Gasteiger partial charge in [-0.05, 0) is 57.7 Å². The number of ether oxygens (including phenoxy) is 1. The quantitative estimate of drug-likeness (QED) is 0.375. The molecule has 0 bridgehead atoms. The number of rotatable bonds is 8. The fourth-order valence-electron chi connectivity index (χ4n) is 6.10. The molecule has 2 heterocycles. The molecule has 1 aliphatic heterocycles. The highest BCUT2D eigenvalue weighted by Crippen LogP contribution is 2.53. The van der Waals surface area contributed by atoms with Crippen LogP contribution in [0.15, 0.2) is 48.5 Å². The van der Waals surface area contributed by atoms with Crippen LogP contribution < -0.4 is 20.3 Å². The average Bonchev–Trinajstić information content (AvgIpc) is 3.22. The molecule has 40 heavy (non-hydrogen) atoms. The maximum atomic E-state index is 13.0. The highest BCUT2D eigenvalue weighted by Gasteiger charge is 2.49. The molecular formula is C31H42N6O2S. The molecule has 8 nitrogen and oxygen atoms in total. The minimum Gasteiger partial charge on any atom is -0.496 e. The average molecular weight is 563 g/mol. The summed E-state index contributed by atoms with van der Waals surface area (Å²) in [4.78, 5) is 26.7. The monoisotopic (exact) mass is 562 g/mol. The predicted molar refractivity (Wildman–Crippen MR) is 165 cm³/mol. The standard InChI is InChI=1S/C31H42N6O2S/c1-20(38)37-27(31(2,3)40-29(37)24-12-8-10-14-26(24)39-6)19-32-21-15-17-22(18-16-21)33-30-34-25-13-9-7-11-23(25)28(35-30)36(4)5/h7-14,21-22,27,29,32H,15-19H2,1-6H3,(H,33,34,35)/t21-,22+,27-,29-/m0/s1. The lowest BCUT2D eigenvalue weighted by atomic mass is 9.90. The maximum Gasteiger partial charge on any atom is 0.225 e. The molecular weight excluding hydrogens is 520 g/mol. The molecule has 0 spiro atoms. The number of fused-ring (bicyclic) bond motifs is 1. The van der Waals surface area contributed by atoms with E-state index in [9.17, 15) is 4.79 Å². The van der Waals surface area contributed by atoms with E-state index in [1.807, 2.05) is 67.2 Å². The maximum absolute atomic E-state index is 13.0. The summed E-state index contributed by atoms with van der Waals surface area (Å²) in [6, 6.07) is 17.1. The molecule has 1 amide bonds. The Hall–Kier alpha value is -3.04. The van der Waals surface area contributed by atoms with Crippen LogP contribution in [0.5, 0.6) is 5.75 Å². The van der Waals surface area contributed by atoms with E-state index < -0.39 is 0 Å². The molecule has 1 aliphatic carbocycles. The Morgan fingerprint density at radius 1 is 1.05 bits per heavy atom. The van der Waals surface area contributed by atoms with E-state index in [1.54, 1.807) is 14.0 Å². The van der Waals surface area contributed by atoms with Gasteiger partial charge in [-0.25, -0.2) is 4.98 Å². The molecule has 9 heteroatoms. The first-order valence-corrected chi connectivity index (χ1v) is 15.1. The summed E-state index contributed by atoms with van der Waals surface area (Å²) in [5.41, 5.74) is 2.01. The van der Waals surface area contributed by atoms with Crippen molar-refractivity contribution < 1.29 is 9.53 Å². The third-order valence-corrected chi connectivity index (χ3v) is 9.83. The van der Waals surface area contributed by atoms with Gasteiger partial charge in [0, 0.05) is 55.3 Å². The molecule has 214 valence electrons. The van der Waals surface area contributed by atoms with Crippen LogP contribution in [0.25, 0.3) is 10.9 Å². The largest absolute Gasteiger partial charge is 0.496 e. The van der Waals surface area contributed by atoms with Crippen molar-refractivity contribution in [3.05, 3.63) is 54.1 Å². The van der Waals surface area contributed by atoms with Gasteiger partial charge in [-0.2, -0.15) is 4.98 Å². The zero-order valence-corrected chi connectivity index (χ0v) is 25.3. The molecule has 0 radical (unpaired) electrons. The van der Waals surface area contributed by atoms with Crippen molar-refractivity contribution in [2.24, 2.45) is 0 Å². The number of carbonyl (C=O) groups is 1. The van der Waals surface area contributed by atoms with Gasteiger partial charge in [-0.15, -0.1) is 11.8 Å². The summed E-state index contributed by atoms with van der Waals surface area (Å²) in [6.07, 6.45) is 4.24. The first-order valence-electron chi connectivity index (χ1n) is 14.2. The van der Waals surface area contributed by atoms with Gasteiger partial charge in [0.2, 0.25) is 11.9 Å². The molecule has 5 rings (SSSR count). The number of carbonyl (C=O) groups excluding carboxylic acids is 1. The van der Waals surface area contributed by atoms with Gasteiger partial charge >= 0.3 is 0 Å². The number of hydrogen-bond acceptors (Lipinski definition) is 8. The van der Waals surface area contributed by atoms with Crippen LogP contribution in [0, 0.1) is 0 Å². The normalized spacial score (nSPS) is 24.2. The lowest BCUT2D eigenvalue weighted by Crippen LogP contribution is -2.51. The zero-order chi connectivity index (χ0) is 28.4. The highest BCUT2D eigenvalue weighted by molar-refractivity contribution is 8.01. The molecule has 1 saturated heterocycles. The second kappa shape index (κ2) is 11.8. The van der Waals surface area contributed by atoms with E-state index >= 15 is 0 Å². The van der Waals surface area contributed by atoms with E-state index in [0.29, 0.717) is 18.0 Å². The number of methoxy groups -OCH3 is 1. The first kappa shape index (κ1) is 28.5. The number of hydrogen-bond donors (Lipinski definition) is 2. The van der Waals surface area contributed by atoms with Crippen LogP contribution in [-0.4, -0.2) is 71.4 Å². The van der Waals surface area contributed by atoms with Crippen molar-refractivity contribution >= 4 is 40.3 Å². The molecule has 2 fully saturated rings. The summed E-state index contributed by atoms with van der Waals surface area (Å²) < 4.78 is 5.56. The number of amides is 1. The minimum absolute atomic E-state index is 0.0654. The van der Waals surface area contributed by atoms with E-state index in [2.05, 4.69) is 41.5 Å². The Bertz CT molecular complexity index is 1340. The summed E-state index contributed by atoms with van der Waals surface area (Å²) in [5.74, 6) is 2.56. The summed E-state index contributed by atoms with van der Waals surface area (Å²) in [5, 5.41) is 8.44. The van der Waals surface area contributed by atoms with Crippen LogP contribution in [0.1, 0.15) is 57.4 Å². The van der Waals surface area contributed by atoms with Crippen molar-refractivity contribution in [3.63, 3.8) is 0 Å². The van der Waals surface area contributed by atoms with Crippen LogP contribution in [0.2, 0.25) is 0 Å². The molecule has 2 aromatic carbocycles. The Morgan fingerprint density at radius 2 is 1.73 bits per heavy atom. The smallest absolute Gasteiger partial charge is 0.225 e. The van der Waals surface area contributed by atoms with Gasteiger partial charge in [0.25, 0.3) is 0 Å². The Balaban J connectivity index is 1.21. The topological polar surface area (TPSA) is 82.6 Å². The highest BCUT2D eigenvalue weighted by atomic mass is 32.2. The second-order valence-corrected chi connectivity index (χ2v) is 13.4. The van der Waals surface area contributed by atoms with E-state index in [0.717, 1.165) is 60.3 Å². The molecule has 1 saturated carbocycles. The third kappa shape index (κ3) is 5.86. The van der Waals surface area contributed by atoms with E-state index in [-0.39, 0.29) is 22.1 Å². The molecule has 0 unspecified atom stereocenters. The SMILES string of the molecule is COc1ccccc1[C@@H]1SC(C)(C)[C@H](CN[C@H]2CC[C@@H](Nc3nc(N(C)C)c4ccccc4n3)CC2)N1C(C)=O. The van der Waals surface area contributed by atoms with Crippen molar-refractivity contribution in [2.45, 2.75) is 74.7 Å². The number of nitrogens with one attached hydrogen (secondary N) is 2. The summed E-state index contributed by atoms with van der Waals surface area (Å²) in [7, 11) is 5.73. The van der Waals surface area contributed by atoms with Crippen molar-refractivity contribution in [3.8, 4) is 5.75 Å². The van der Waals surface area contributed by atoms with Crippen LogP contribution in [-0.2, 0) is 4.79 Å². The number of benzene rings is 2. The number of anilines is 2. The Kier molecular flexibility index (Phi) is 8.42. The molecule has 1 aromatic heterocycles.